The fourth-order valence-corrected chi connectivity index (χ4v) is 3.78. The summed E-state index contributed by atoms with van der Waals surface area (Å²) in [5, 5.41) is 4.03. The number of rotatable bonds is 6. The second-order valence-electron chi connectivity index (χ2n) is 7.31. The molecule has 1 aromatic heterocycles. The quantitative estimate of drug-likeness (QED) is 0.647. The first-order valence-corrected chi connectivity index (χ1v) is 10.2. The molecule has 1 saturated heterocycles. The SMILES string of the molecule is CCc1nc(CN2CCN(C(=O)C(c3ccccc3)c3ccccc3)CC2)no1. The molecule has 6 heteroatoms. The fraction of sp³-hybridized carbons (Fsp3) is 0.348. The van der Waals surface area contributed by atoms with Gasteiger partial charge in [0, 0.05) is 32.6 Å². The van der Waals surface area contributed by atoms with Crippen molar-refractivity contribution in [2.24, 2.45) is 0 Å². The standard InChI is InChI=1S/C23H26N4O2/c1-2-21-24-20(25-29-21)17-26-13-15-27(16-14-26)23(28)22(18-9-5-3-6-10-18)19-11-7-4-8-12-19/h3-12,22H,2,13-17H2,1H3. The van der Waals surface area contributed by atoms with Crippen LogP contribution in [0.15, 0.2) is 65.2 Å². The number of carbonyl (C=O) groups is 1. The smallest absolute Gasteiger partial charge is 0.234 e. The molecule has 2 aromatic carbocycles. The number of piperazine rings is 1. The van der Waals surface area contributed by atoms with Gasteiger partial charge in [-0.1, -0.05) is 72.7 Å². The van der Waals surface area contributed by atoms with E-state index in [1.165, 1.54) is 0 Å². The highest BCUT2D eigenvalue weighted by atomic mass is 16.5. The van der Waals surface area contributed by atoms with Crippen LogP contribution >= 0.6 is 0 Å². The van der Waals surface area contributed by atoms with Gasteiger partial charge in [-0.15, -0.1) is 0 Å². The zero-order valence-electron chi connectivity index (χ0n) is 16.7. The maximum atomic E-state index is 13.5. The summed E-state index contributed by atoms with van der Waals surface area (Å²) in [4.78, 5) is 22.1. The molecule has 0 aliphatic carbocycles. The Bertz CT molecular complexity index is 879. The third-order valence-corrected chi connectivity index (χ3v) is 5.37. The maximum absolute atomic E-state index is 13.5. The van der Waals surface area contributed by atoms with Gasteiger partial charge in [0.15, 0.2) is 5.82 Å². The zero-order chi connectivity index (χ0) is 20.1. The highest BCUT2D eigenvalue weighted by Gasteiger charge is 2.30. The summed E-state index contributed by atoms with van der Waals surface area (Å²) in [6.07, 6.45) is 0.746. The lowest BCUT2D eigenvalue weighted by Crippen LogP contribution is -2.49. The average molecular weight is 390 g/mol. The predicted octanol–water partition coefficient (Wildman–Crippen LogP) is 3.11. The third-order valence-electron chi connectivity index (χ3n) is 5.37. The van der Waals surface area contributed by atoms with Crippen molar-refractivity contribution < 1.29 is 9.32 Å². The molecule has 1 aliphatic heterocycles. The van der Waals surface area contributed by atoms with E-state index in [2.05, 4.69) is 15.0 Å². The van der Waals surface area contributed by atoms with E-state index in [9.17, 15) is 4.79 Å². The van der Waals surface area contributed by atoms with Gasteiger partial charge in [-0.05, 0) is 11.1 Å². The van der Waals surface area contributed by atoms with Gasteiger partial charge in [0.1, 0.15) is 0 Å². The monoisotopic (exact) mass is 390 g/mol. The summed E-state index contributed by atoms with van der Waals surface area (Å²) in [5.41, 5.74) is 2.06. The van der Waals surface area contributed by atoms with Crippen molar-refractivity contribution in [3.63, 3.8) is 0 Å². The normalized spacial score (nSPS) is 15.0. The molecular weight excluding hydrogens is 364 g/mol. The van der Waals surface area contributed by atoms with Crippen LogP contribution in [0.3, 0.4) is 0 Å². The molecule has 0 atom stereocenters. The molecule has 1 aliphatic rings. The Kier molecular flexibility index (Phi) is 6.00. The molecule has 0 spiro atoms. The largest absolute Gasteiger partial charge is 0.339 e. The second kappa shape index (κ2) is 9.01. The molecular formula is C23H26N4O2. The Morgan fingerprint density at radius 1 is 0.966 bits per heavy atom. The number of hydrogen-bond acceptors (Lipinski definition) is 5. The van der Waals surface area contributed by atoms with E-state index in [4.69, 9.17) is 4.52 Å². The summed E-state index contributed by atoms with van der Waals surface area (Å²) < 4.78 is 5.19. The third kappa shape index (κ3) is 4.54. The van der Waals surface area contributed by atoms with Gasteiger partial charge >= 0.3 is 0 Å². The molecule has 2 heterocycles. The lowest BCUT2D eigenvalue weighted by atomic mass is 9.90. The van der Waals surface area contributed by atoms with E-state index in [1.807, 2.05) is 72.5 Å². The van der Waals surface area contributed by atoms with Gasteiger partial charge in [0.2, 0.25) is 11.8 Å². The van der Waals surface area contributed by atoms with E-state index < -0.39 is 0 Å². The van der Waals surface area contributed by atoms with Gasteiger partial charge in [-0.2, -0.15) is 4.98 Å². The van der Waals surface area contributed by atoms with Gasteiger partial charge in [-0.25, -0.2) is 0 Å². The lowest BCUT2D eigenvalue weighted by Gasteiger charge is -2.36. The minimum absolute atomic E-state index is 0.162. The highest BCUT2D eigenvalue weighted by molar-refractivity contribution is 5.87. The van der Waals surface area contributed by atoms with Crippen molar-refractivity contribution in [2.75, 3.05) is 26.2 Å². The van der Waals surface area contributed by atoms with Gasteiger partial charge in [0.25, 0.3) is 0 Å². The van der Waals surface area contributed by atoms with Crippen LogP contribution in [0.2, 0.25) is 0 Å². The summed E-state index contributed by atoms with van der Waals surface area (Å²) >= 11 is 0. The Balaban J connectivity index is 1.44. The summed E-state index contributed by atoms with van der Waals surface area (Å²) in [5.74, 6) is 1.28. The number of amides is 1. The van der Waals surface area contributed by atoms with Gasteiger partial charge in [0.05, 0.1) is 12.5 Å². The van der Waals surface area contributed by atoms with Crippen molar-refractivity contribution in [1.29, 1.82) is 0 Å². The molecule has 3 aromatic rings. The highest BCUT2D eigenvalue weighted by Crippen LogP contribution is 2.27. The Labute approximate surface area is 171 Å². The Morgan fingerprint density at radius 2 is 1.55 bits per heavy atom. The molecule has 0 bridgehead atoms. The van der Waals surface area contributed by atoms with Gasteiger partial charge < -0.3 is 9.42 Å². The first-order chi connectivity index (χ1) is 14.2. The van der Waals surface area contributed by atoms with Crippen LogP contribution in [0.25, 0.3) is 0 Å². The fourth-order valence-electron chi connectivity index (χ4n) is 3.78. The van der Waals surface area contributed by atoms with Crippen molar-refractivity contribution >= 4 is 5.91 Å². The van der Waals surface area contributed by atoms with Crippen molar-refractivity contribution in [1.82, 2.24) is 19.9 Å². The molecule has 150 valence electrons. The summed E-state index contributed by atoms with van der Waals surface area (Å²) in [6.45, 7) is 5.67. The second-order valence-corrected chi connectivity index (χ2v) is 7.31. The van der Waals surface area contributed by atoms with E-state index in [0.717, 1.165) is 30.6 Å². The van der Waals surface area contributed by atoms with Crippen LogP contribution in [0, 0.1) is 0 Å². The van der Waals surface area contributed by atoms with E-state index >= 15 is 0 Å². The molecule has 4 rings (SSSR count). The molecule has 6 nitrogen and oxygen atoms in total. The van der Waals surface area contributed by atoms with Crippen LogP contribution in [0.1, 0.15) is 35.7 Å². The number of carbonyl (C=O) groups excluding carboxylic acids is 1. The topological polar surface area (TPSA) is 62.5 Å². The molecule has 0 radical (unpaired) electrons. The van der Waals surface area contributed by atoms with Crippen molar-refractivity contribution in [2.45, 2.75) is 25.8 Å². The van der Waals surface area contributed by atoms with Gasteiger partial charge in [-0.3, -0.25) is 9.69 Å². The molecule has 29 heavy (non-hydrogen) atoms. The minimum Gasteiger partial charge on any atom is -0.339 e. The van der Waals surface area contributed by atoms with Crippen LogP contribution in [-0.2, 0) is 17.8 Å². The molecule has 0 saturated carbocycles. The maximum Gasteiger partial charge on any atom is 0.234 e. The van der Waals surface area contributed by atoms with Crippen LogP contribution in [0.5, 0.6) is 0 Å². The van der Waals surface area contributed by atoms with E-state index in [-0.39, 0.29) is 11.8 Å². The number of benzene rings is 2. The van der Waals surface area contributed by atoms with Crippen molar-refractivity contribution in [3.05, 3.63) is 83.5 Å². The Morgan fingerprint density at radius 3 is 2.07 bits per heavy atom. The number of aryl methyl sites for hydroxylation is 1. The van der Waals surface area contributed by atoms with Crippen LogP contribution < -0.4 is 0 Å². The molecule has 1 amide bonds. The van der Waals surface area contributed by atoms with E-state index in [1.54, 1.807) is 0 Å². The van der Waals surface area contributed by atoms with Crippen LogP contribution in [-0.4, -0.2) is 52.0 Å². The van der Waals surface area contributed by atoms with E-state index in [0.29, 0.717) is 31.3 Å². The van der Waals surface area contributed by atoms with Crippen molar-refractivity contribution in [3.8, 4) is 0 Å². The van der Waals surface area contributed by atoms with Crippen LogP contribution in [0.4, 0.5) is 0 Å². The predicted molar refractivity (Wildman–Crippen MR) is 110 cm³/mol. The average Bonchev–Trinajstić information content (AvgIpc) is 3.23. The molecule has 0 N–H and O–H groups in total. The minimum atomic E-state index is -0.270. The number of aromatic nitrogens is 2. The summed E-state index contributed by atoms with van der Waals surface area (Å²) in [7, 11) is 0. The first-order valence-electron chi connectivity index (χ1n) is 10.2. The summed E-state index contributed by atoms with van der Waals surface area (Å²) in [6, 6.07) is 20.1. The lowest BCUT2D eigenvalue weighted by molar-refractivity contribution is -0.133. The zero-order valence-corrected chi connectivity index (χ0v) is 16.7. The first kappa shape index (κ1) is 19.3. The molecule has 0 unspecified atom stereocenters. The Hall–Kier alpha value is -2.99. The number of hydrogen-bond donors (Lipinski definition) is 0. The number of nitrogens with zero attached hydrogens (tertiary/aromatic N) is 4. The molecule has 1 fully saturated rings.